The van der Waals surface area contributed by atoms with Gasteiger partial charge in [-0.1, -0.05) is 0 Å². The number of ether oxygens (including phenoxy) is 1. The number of imidazole rings is 1. The van der Waals surface area contributed by atoms with Crippen molar-refractivity contribution in [3.05, 3.63) is 18.1 Å². The maximum absolute atomic E-state index is 10.0. The number of aliphatic hydroxyl groups is 2. The number of nitriles is 1. The van der Waals surface area contributed by atoms with Gasteiger partial charge in [0.05, 0.1) is 19.0 Å². The van der Waals surface area contributed by atoms with Crippen LogP contribution >= 0.6 is 0 Å². The Hall–Kier alpha value is -2.22. The van der Waals surface area contributed by atoms with Crippen molar-refractivity contribution in [1.29, 1.82) is 10.7 Å². The topological polar surface area (TPSA) is 133 Å². The molecule has 4 rings (SSSR count). The van der Waals surface area contributed by atoms with E-state index in [1.807, 2.05) is 13.5 Å². The number of rotatable bonds is 2. The second-order valence-corrected chi connectivity index (χ2v) is 5.12. The third-order valence-corrected chi connectivity index (χ3v) is 4.04. The lowest BCUT2D eigenvalue weighted by Gasteiger charge is -2.20. The average Bonchev–Trinajstić information content (AvgIpc) is 2.92. The number of hydrogen-bond acceptors (Lipinski definition) is 7. The third kappa shape index (κ3) is 1.42. The van der Waals surface area contributed by atoms with Crippen molar-refractivity contribution >= 4 is 18.4 Å². The summed E-state index contributed by atoms with van der Waals surface area (Å²) in [5, 5.41) is 36.0. The van der Waals surface area contributed by atoms with Gasteiger partial charge in [0, 0.05) is 5.82 Å². The minimum absolute atomic E-state index is 0.0629. The summed E-state index contributed by atoms with van der Waals surface area (Å²) in [6.45, 7) is -0.272. The van der Waals surface area contributed by atoms with Crippen LogP contribution in [0.1, 0.15) is 0 Å². The molecule has 0 saturated carbocycles. The normalized spacial score (nSPS) is 33.5. The summed E-state index contributed by atoms with van der Waals surface area (Å²) >= 11 is 0. The molecule has 1 radical (unpaired) electrons. The van der Waals surface area contributed by atoms with E-state index in [0.29, 0.717) is 5.65 Å². The molecule has 0 aromatic carbocycles. The van der Waals surface area contributed by atoms with Gasteiger partial charge < -0.3 is 14.9 Å². The Bertz CT molecular complexity index is 841. The van der Waals surface area contributed by atoms with Gasteiger partial charge in [-0.15, -0.1) is 0 Å². The number of aliphatic hydroxyl groups excluding tert-OH is 2. The fraction of sp³-hybridized carbons (Fsp3) is 0.455. The lowest BCUT2D eigenvalue weighted by molar-refractivity contribution is -0.0599. The monoisotopic (exact) mass is 285 g/mol. The highest BCUT2D eigenvalue weighted by molar-refractivity contribution is 6.55. The highest BCUT2D eigenvalue weighted by Gasteiger charge is 2.69. The molecule has 0 bridgehead atoms. The number of nitrogens with zero attached hydrogens (tertiary/aromatic N) is 5. The third-order valence-electron chi connectivity index (χ3n) is 4.04. The van der Waals surface area contributed by atoms with E-state index in [9.17, 15) is 10.2 Å². The summed E-state index contributed by atoms with van der Waals surface area (Å²) in [5.41, 5.74) is -0.263. The van der Waals surface area contributed by atoms with Gasteiger partial charge >= 0.3 is 0 Å². The van der Waals surface area contributed by atoms with Gasteiger partial charge in [-0.25, -0.2) is 14.5 Å². The molecule has 3 N–H and O–H groups in total. The van der Waals surface area contributed by atoms with Crippen LogP contribution in [-0.4, -0.2) is 55.4 Å². The van der Waals surface area contributed by atoms with E-state index in [2.05, 4.69) is 9.97 Å². The minimum atomic E-state index is -0.875. The van der Waals surface area contributed by atoms with Gasteiger partial charge in [0.25, 0.3) is 0 Å². The fourth-order valence-electron chi connectivity index (χ4n) is 2.90. The Labute approximate surface area is 118 Å². The first kappa shape index (κ1) is 12.5. The quantitative estimate of drug-likeness (QED) is 0.542. The minimum Gasteiger partial charge on any atom is -0.394 e. The molecule has 0 amide bonds. The van der Waals surface area contributed by atoms with Gasteiger partial charge in [0.15, 0.2) is 30.1 Å². The van der Waals surface area contributed by atoms with Crippen LogP contribution in [0.2, 0.25) is 5.82 Å². The Balaban J connectivity index is 1.86. The van der Waals surface area contributed by atoms with Crippen LogP contribution in [0, 0.1) is 16.9 Å². The van der Waals surface area contributed by atoms with Crippen molar-refractivity contribution in [2.24, 2.45) is 0 Å². The maximum Gasteiger partial charge on any atom is 0.194 e. The predicted molar refractivity (Wildman–Crippen MR) is 67.8 cm³/mol. The standard InChI is InChI=1S/C11H10BN6O3/c13-2-17-3-16-10-6(9(17)14)15-4-18(10)11-8(12-11)7(20)5(1-19)21-11/h3-5,7-8,14,19-20H,1H2/t5-,7-,8-,11+/m1/s1. The van der Waals surface area contributed by atoms with Crippen LogP contribution in [0.5, 0.6) is 0 Å². The van der Waals surface area contributed by atoms with E-state index in [0.717, 1.165) is 4.57 Å². The number of fused-ring (bicyclic) bond motifs is 2. The molecule has 105 valence electrons. The summed E-state index contributed by atoms with van der Waals surface area (Å²) in [5.74, 6) is -0.244. The molecule has 2 fully saturated rings. The highest BCUT2D eigenvalue weighted by atomic mass is 16.6. The van der Waals surface area contributed by atoms with E-state index in [-0.39, 0.29) is 23.4 Å². The SMILES string of the molecule is N#Cn1cnc2c(ncn2[C@@]23[B][C@@H]2[C@H](O)[C@@H](CO)O3)c1=N. The summed E-state index contributed by atoms with van der Waals surface area (Å²) in [6.07, 6.45) is 3.10. The molecule has 4 atom stereocenters. The van der Waals surface area contributed by atoms with Gasteiger partial charge in [-0.2, -0.15) is 5.26 Å². The number of aromatic nitrogens is 4. The second-order valence-electron chi connectivity index (χ2n) is 5.12. The van der Waals surface area contributed by atoms with E-state index in [1.165, 1.54) is 12.7 Å². The van der Waals surface area contributed by atoms with Crippen molar-refractivity contribution in [3.63, 3.8) is 0 Å². The van der Waals surface area contributed by atoms with Crippen LogP contribution in [0.4, 0.5) is 0 Å². The average molecular weight is 285 g/mol. The fourth-order valence-corrected chi connectivity index (χ4v) is 2.90. The molecule has 21 heavy (non-hydrogen) atoms. The highest BCUT2D eigenvalue weighted by Crippen LogP contribution is 2.57. The molecule has 2 aromatic heterocycles. The summed E-state index contributed by atoms with van der Waals surface area (Å²) in [4.78, 5) is 8.26. The van der Waals surface area contributed by atoms with E-state index >= 15 is 0 Å². The van der Waals surface area contributed by atoms with E-state index in [1.54, 1.807) is 4.57 Å². The van der Waals surface area contributed by atoms with Gasteiger partial charge in [0.1, 0.15) is 18.1 Å². The van der Waals surface area contributed by atoms with Gasteiger partial charge in [0.2, 0.25) is 0 Å². The molecule has 9 nitrogen and oxygen atoms in total. The smallest absolute Gasteiger partial charge is 0.194 e. The van der Waals surface area contributed by atoms with Crippen LogP contribution in [-0.2, 0) is 10.4 Å². The molecule has 0 spiro atoms. The van der Waals surface area contributed by atoms with Crippen molar-refractivity contribution in [3.8, 4) is 6.19 Å². The molecule has 0 aliphatic carbocycles. The van der Waals surface area contributed by atoms with Crippen molar-refractivity contribution in [2.45, 2.75) is 23.6 Å². The predicted octanol–water partition coefficient (Wildman–Crippen LogP) is -2.09. The lowest BCUT2D eigenvalue weighted by atomic mass is 9.93. The number of hydrogen-bond donors (Lipinski definition) is 3. The number of nitrogens with one attached hydrogen (secondary N) is 1. The molecule has 0 unspecified atom stereocenters. The van der Waals surface area contributed by atoms with Crippen LogP contribution < -0.4 is 5.49 Å². The zero-order chi connectivity index (χ0) is 14.8. The molecule has 2 aromatic rings. The first-order valence-corrected chi connectivity index (χ1v) is 6.35. The first-order chi connectivity index (χ1) is 10.1. The Morgan fingerprint density at radius 1 is 1.52 bits per heavy atom. The molecule has 4 heterocycles. The van der Waals surface area contributed by atoms with Crippen LogP contribution in [0.25, 0.3) is 11.2 Å². The van der Waals surface area contributed by atoms with Crippen LogP contribution in [0.15, 0.2) is 12.7 Å². The second kappa shape index (κ2) is 3.91. The lowest BCUT2D eigenvalue weighted by Crippen LogP contribution is -2.32. The van der Waals surface area contributed by atoms with E-state index in [4.69, 9.17) is 15.4 Å². The van der Waals surface area contributed by atoms with Gasteiger partial charge in [-0.3, -0.25) is 9.98 Å². The van der Waals surface area contributed by atoms with E-state index < -0.39 is 17.8 Å². The molecule has 2 aliphatic heterocycles. The first-order valence-electron chi connectivity index (χ1n) is 6.35. The largest absolute Gasteiger partial charge is 0.394 e. The van der Waals surface area contributed by atoms with Crippen LogP contribution in [0.3, 0.4) is 0 Å². The summed E-state index contributed by atoms with van der Waals surface area (Å²) in [6, 6.07) is 0. The molecule has 2 aliphatic rings. The van der Waals surface area contributed by atoms with Crippen molar-refractivity contribution in [2.75, 3.05) is 6.61 Å². The summed E-state index contributed by atoms with van der Waals surface area (Å²) in [7, 11) is 1.81. The Morgan fingerprint density at radius 3 is 3.00 bits per heavy atom. The molecular weight excluding hydrogens is 275 g/mol. The Morgan fingerprint density at radius 2 is 2.33 bits per heavy atom. The zero-order valence-corrected chi connectivity index (χ0v) is 10.7. The zero-order valence-electron chi connectivity index (χ0n) is 10.7. The molecule has 2 saturated heterocycles. The maximum atomic E-state index is 10.0. The van der Waals surface area contributed by atoms with Gasteiger partial charge in [-0.05, 0) is 0 Å². The summed E-state index contributed by atoms with van der Waals surface area (Å²) < 4.78 is 8.36. The molecule has 10 heteroatoms. The molecular formula is C11H10BN6O3. The Kier molecular flexibility index (Phi) is 2.33. The van der Waals surface area contributed by atoms with Crippen molar-refractivity contribution in [1.82, 2.24) is 19.1 Å². The van der Waals surface area contributed by atoms with Crippen molar-refractivity contribution < 1.29 is 14.9 Å².